The smallest absolute Gasteiger partial charge is 0.319 e. The van der Waals surface area contributed by atoms with E-state index in [1.165, 1.54) is 54.4 Å². The van der Waals surface area contributed by atoms with Crippen LogP contribution in [0.2, 0.25) is 0 Å². The van der Waals surface area contributed by atoms with Crippen LogP contribution in [0.15, 0.2) is 18.2 Å². The van der Waals surface area contributed by atoms with Crippen molar-refractivity contribution in [2.75, 3.05) is 18.4 Å². The maximum absolute atomic E-state index is 11.9. The predicted molar refractivity (Wildman–Crippen MR) is 111 cm³/mol. The molecule has 2 aliphatic rings. The number of hydrogen-bond donors (Lipinski definition) is 2. The van der Waals surface area contributed by atoms with Gasteiger partial charge in [0.2, 0.25) is 0 Å². The molecule has 146 valence electrons. The molecule has 0 radical (unpaired) electrons. The highest BCUT2D eigenvalue weighted by Crippen LogP contribution is 2.35. The number of hydrogen-bond acceptors (Lipinski definition) is 2. The van der Waals surface area contributed by atoms with Gasteiger partial charge < -0.3 is 15.2 Å². The van der Waals surface area contributed by atoms with E-state index >= 15 is 0 Å². The van der Waals surface area contributed by atoms with E-state index in [0.29, 0.717) is 6.54 Å². The van der Waals surface area contributed by atoms with Gasteiger partial charge in [0.1, 0.15) is 0 Å². The minimum atomic E-state index is -0.133. The number of nitrogens with one attached hydrogen (secondary N) is 2. The number of rotatable bonds is 5. The molecule has 1 saturated carbocycles. The lowest BCUT2D eigenvalue weighted by atomic mass is 10.0. The van der Waals surface area contributed by atoms with Crippen LogP contribution in [0.1, 0.15) is 57.2 Å². The van der Waals surface area contributed by atoms with Crippen LogP contribution < -0.4 is 10.6 Å². The molecule has 1 fully saturated rings. The topological polar surface area (TPSA) is 49.3 Å². The van der Waals surface area contributed by atoms with Gasteiger partial charge in [0, 0.05) is 60.9 Å². The zero-order valence-electron chi connectivity index (χ0n) is 16.7. The first-order chi connectivity index (χ1) is 13.2. The minimum Gasteiger partial charge on any atom is -0.344 e. The Balaban J connectivity index is 1.69. The third-order valence-corrected chi connectivity index (χ3v) is 6.17. The summed E-state index contributed by atoms with van der Waals surface area (Å²) in [6, 6.07) is 7.02. The Morgan fingerprint density at radius 3 is 2.78 bits per heavy atom. The predicted octanol–water partition coefficient (Wildman–Crippen LogP) is 4.49. The second-order valence-corrected chi connectivity index (χ2v) is 7.95. The van der Waals surface area contributed by atoms with E-state index in [1.54, 1.807) is 0 Å². The van der Waals surface area contributed by atoms with Crippen LogP contribution in [0.3, 0.4) is 0 Å². The fourth-order valence-electron chi connectivity index (χ4n) is 4.94. The molecule has 2 heterocycles. The Morgan fingerprint density at radius 1 is 1.22 bits per heavy atom. The van der Waals surface area contributed by atoms with Gasteiger partial charge in [-0.15, -0.1) is 0 Å². The summed E-state index contributed by atoms with van der Waals surface area (Å²) >= 11 is 0. The number of benzene rings is 1. The largest absolute Gasteiger partial charge is 0.344 e. The monoisotopic (exact) mass is 368 g/mol. The quantitative estimate of drug-likeness (QED) is 0.817. The van der Waals surface area contributed by atoms with Crippen LogP contribution in [0, 0.1) is 0 Å². The number of aromatic nitrogens is 1. The fourth-order valence-corrected chi connectivity index (χ4v) is 4.94. The Labute approximate surface area is 162 Å². The molecule has 0 spiro atoms. The van der Waals surface area contributed by atoms with Gasteiger partial charge in [0.25, 0.3) is 0 Å². The van der Waals surface area contributed by atoms with Crippen molar-refractivity contribution in [3.63, 3.8) is 0 Å². The molecule has 1 aliphatic carbocycles. The minimum absolute atomic E-state index is 0.133. The van der Waals surface area contributed by atoms with Crippen molar-refractivity contribution in [3.05, 3.63) is 29.5 Å². The van der Waals surface area contributed by atoms with Crippen LogP contribution in [0.5, 0.6) is 0 Å². The summed E-state index contributed by atoms with van der Waals surface area (Å²) < 4.78 is 2.52. The number of fused-ring (bicyclic) bond motifs is 3. The number of nitrogens with zero attached hydrogens (tertiary/aromatic N) is 2. The molecule has 0 atom stereocenters. The van der Waals surface area contributed by atoms with Crippen molar-refractivity contribution in [1.29, 1.82) is 0 Å². The first-order valence-corrected chi connectivity index (χ1v) is 10.6. The molecule has 27 heavy (non-hydrogen) atoms. The van der Waals surface area contributed by atoms with Gasteiger partial charge in [0.15, 0.2) is 0 Å². The molecule has 5 heteroatoms. The van der Waals surface area contributed by atoms with E-state index in [0.717, 1.165) is 37.7 Å². The van der Waals surface area contributed by atoms with Crippen molar-refractivity contribution in [3.8, 4) is 0 Å². The van der Waals surface area contributed by atoms with Gasteiger partial charge in [-0.05, 0) is 49.9 Å². The standard InChI is InChI=1S/C22H32N4O/c1-3-12-26-20-10-9-16(24-22(27)23-4-2)14-18(20)19-15-25(13-11-21(19)26)17-7-5-6-8-17/h9-10,14,17H,3-8,11-13,15H2,1-2H3,(H2,23,24,27). The summed E-state index contributed by atoms with van der Waals surface area (Å²) in [7, 11) is 0. The molecule has 1 aromatic heterocycles. The molecule has 0 bridgehead atoms. The van der Waals surface area contributed by atoms with Crippen LogP contribution in [0.4, 0.5) is 10.5 Å². The van der Waals surface area contributed by atoms with E-state index in [9.17, 15) is 4.79 Å². The lowest BCUT2D eigenvalue weighted by molar-refractivity contribution is 0.180. The normalized spacial score (nSPS) is 18.0. The average molecular weight is 369 g/mol. The SMILES string of the molecule is CCCn1c2c(c3cc(NC(=O)NCC)ccc31)CN(C1CCCC1)CC2. The molecule has 1 aromatic carbocycles. The maximum Gasteiger partial charge on any atom is 0.319 e. The number of aryl methyl sites for hydroxylation is 1. The second-order valence-electron chi connectivity index (χ2n) is 7.95. The third-order valence-electron chi connectivity index (χ3n) is 6.17. The van der Waals surface area contributed by atoms with E-state index in [-0.39, 0.29) is 6.03 Å². The number of amides is 2. The molecule has 2 N–H and O–H groups in total. The van der Waals surface area contributed by atoms with Crippen LogP contribution >= 0.6 is 0 Å². The average Bonchev–Trinajstić information content (AvgIpc) is 3.29. The van der Waals surface area contributed by atoms with Crippen LogP contribution in [-0.2, 0) is 19.5 Å². The first-order valence-electron chi connectivity index (χ1n) is 10.6. The lowest BCUT2D eigenvalue weighted by Gasteiger charge is -2.33. The maximum atomic E-state index is 11.9. The second kappa shape index (κ2) is 7.93. The number of carbonyl (C=O) groups excluding carboxylic acids is 1. The van der Waals surface area contributed by atoms with Gasteiger partial charge >= 0.3 is 6.03 Å². The first kappa shape index (κ1) is 18.4. The summed E-state index contributed by atoms with van der Waals surface area (Å²) in [6.07, 6.45) is 7.75. The van der Waals surface area contributed by atoms with E-state index in [2.05, 4.69) is 39.2 Å². The van der Waals surface area contributed by atoms with Crippen LogP contribution in [-0.4, -0.2) is 34.6 Å². The van der Waals surface area contributed by atoms with Crippen LogP contribution in [0.25, 0.3) is 10.9 Å². The van der Waals surface area contributed by atoms with Crippen molar-refractivity contribution in [2.45, 2.75) is 71.5 Å². The number of urea groups is 1. The van der Waals surface area contributed by atoms with Crippen molar-refractivity contribution in [2.24, 2.45) is 0 Å². The highest BCUT2D eigenvalue weighted by Gasteiger charge is 2.29. The summed E-state index contributed by atoms with van der Waals surface area (Å²) in [5.74, 6) is 0. The summed E-state index contributed by atoms with van der Waals surface area (Å²) in [5, 5.41) is 7.10. The highest BCUT2D eigenvalue weighted by atomic mass is 16.2. The van der Waals surface area contributed by atoms with E-state index in [1.807, 2.05) is 13.0 Å². The molecular weight excluding hydrogens is 336 g/mol. The summed E-state index contributed by atoms with van der Waals surface area (Å²) in [6.45, 7) is 8.11. The summed E-state index contributed by atoms with van der Waals surface area (Å²) in [4.78, 5) is 14.6. The molecule has 0 unspecified atom stereocenters. The van der Waals surface area contributed by atoms with Crippen molar-refractivity contribution in [1.82, 2.24) is 14.8 Å². The van der Waals surface area contributed by atoms with Crippen molar-refractivity contribution >= 4 is 22.6 Å². The third kappa shape index (κ3) is 3.57. The molecule has 4 rings (SSSR count). The molecule has 1 aliphatic heterocycles. The Hall–Kier alpha value is -2.01. The fraction of sp³-hybridized carbons (Fsp3) is 0.591. The Morgan fingerprint density at radius 2 is 2.04 bits per heavy atom. The molecule has 2 aromatic rings. The van der Waals surface area contributed by atoms with E-state index in [4.69, 9.17) is 0 Å². The van der Waals surface area contributed by atoms with Gasteiger partial charge in [-0.2, -0.15) is 0 Å². The van der Waals surface area contributed by atoms with E-state index < -0.39 is 0 Å². The van der Waals surface area contributed by atoms with Crippen molar-refractivity contribution < 1.29 is 4.79 Å². The molecule has 2 amide bonds. The van der Waals surface area contributed by atoms with Gasteiger partial charge in [-0.1, -0.05) is 19.8 Å². The molecular formula is C22H32N4O. The van der Waals surface area contributed by atoms with Gasteiger partial charge in [0.05, 0.1) is 0 Å². The zero-order chi connectivity index (χ0) is 18.8. The number of carbonyl (C=O) groups is 1. The lowest BCUT2D eigenvalue weighted by Crippen LogP contribution is -2.38. The number of anilines is 1. The Kier molecular flexibility index (Phi) is 5.39. The summed E-state index contributed by atoms with van der Waals surface area (Å²) in [5.41, 5.74) is 5.19. The Bertz CT molecular complexity index is 819. The van der Waals surface area contributed by atoms with Gasteiger partial charge in [-0.25, -0.2) is 4.79 Å². The molecule has 5 nitrogen and oxygen atoms in total. The highest BCUT2D eigenvalue weighted by molar-refractivity contribution is 5.94. The van der Waals surface area contributed by atoms with Gasteiger partial charge in [-0.3, -0.25) is 4.90 Å². The molecule has 0 saturated heterocycles. The zero-order valence-corrected chi connectivity index (χ0v) is 16.7.